The second-order valence-corrected chi connectivity index (χ2v) is 7.19. The topological polar surface area (TPSA) is 58.4 Å². The van der Waals surface area contributed by atoms with E-state index in [2.05, 4.69) is 10.3 Å². The second-order valence-electron chi connectivity index (χ2n) is 5.94. The number of likely N-dealkylation sites (N-methyl/N-ethyl adjacent to an activating group) is 1. The van der Waals surface area contributed by atoms with Gasteiger partial charge in [-0.15, -0.1) is 0 Å². The number of aromatic nitrogens is 1. The van der Waals surface area contributed by atoms with Crippen LogP contribution in [0.4, 0.5) is 5.69 Å². The van der Waals surface area contributed by atoms with Gasteiger partial charge in [-0.3, -0.25) is 9.69 Å². The summed E-state index contributed by atoms with van der Waals surface area (Å²) in [5, 5.41) is 4.15. The molecular formula is C19H16Cl3N3O2. The number of rotatable bonds is 6. The van der Waals surface area contributed by atoms with Crippen LogP contribution in [0, 0.1) is 0 Å². The Bertz CT molecular complexity index is 921. The van der Waals surface area contributed by atoms with Crippen LogP contribution in [-0.4, -0.2) is 29.4 Å². The standard InChI is InChI=1S/C19H16Cl3N3O2/c1-25(10-17(26)24-19-14(21)3-2-4-15(19)22)11-18-23-9-16(27-18)12-5-7-13(20)8-6-12/h2-9H,10-11H2,1H3,(H,24,26). The van der Waals surface area contributed by atoms with Crippen molar-refractivity contribution in [1.82, 2.24) is 9.88 Å². The Morgan fingerprint density at radius 3 is 2.44 bits per heavy atom. The molecule has 1 amide bonds. The predicted molar refractivity (Wildman–Crippen MR) is 108 cm³/mol. The third kappa shape index (κ3) is 5.23. The summed E-state index contributed by atoms with van der Waals surface area (Å²) in [5.74, 6) is 0.908. The first-order valence-corrected chi connectivity index (χ1v) is 9.19. The van der Waals surface area contributed by atoms with Gasteiger partial charge in [0, 0.05) is 10.6 Å². The average Bonchev–Trinajstić information content (AvgIpc) is 3.07. The van der Waals surface area contributed by atoms with Gasteiger partial charge in [0.05, 0.1) is 35.0 Å². The highest BCUT2D eigenvalue weighted by atomic mass is 35.5. The van der Waals surface area contributed by atoms with Crippen molar-refractivity contribution in [2.75, 3.05) is 18.9 Å². The van der Waals surface area contributed by atoms with Gasteiger partial charge in [-0.1, -0.05) is 40.9 Å². The van der Waals surface area contributed by atoms with Gasteiger partial charge < -0.3 is 9.73 Å². The van der Waals surface area contributed by atoms with Gasteiger partial charge in [0.1, 0.15) is 0 Å². The molecule has 0 aliphatic carbocycles. The summed E-state index contributed by atoms with van der Waals surface area (Å²) in [6.45, 7) is 0.497. The molecule has 0 unspecified atom stereocenters. The number of hydrogen-bond acceptors (Lipinski definition) is 4. The SMILES string of the molecule is CN(CC(=O)Nc1c(Cl)cccc1Cl)Cc1ncc(-c2ccc(Cl)cc2)o1. The van der Waals surface area contributed by atoms with Crippen molar-refractivity contribution in [3.63, 3.8) is 0 Å². The highest BCUT2D eigenvalue weighted by molar-refractivity contribution is 6.39. The van der Waals surface area contributed by atoms with Gasteiger partial charge in [-0.2, -0.15) is 0 Å². The van der Waals surface area contributed by atoms with Crippen molar-refractivity contribution in [3.05, 3.63) is 69.6 Å². The third-order valence-electron chi connectivity index (χ3n) is 3.73. The summed E-state index contributed by atoms with van der Waals surface area (Å²) in [4.78, 5) is 18.3. The van der Waals surface area contributed by atoms with Crippen LogP contribution in [0.5, 0.6) is 0 Å². The van der Waals surface area contributed by atoms with Gasteiger partial charge in [-0.05, 0) is 43.4 Å². The minimum atomic E-state index is -0.239. The largest absolute Gasteiger partial charge is 0.439 e. The number of anilines is 1. The van der Waals surface area contributed by atoms with E-state index in [9.17, 15) is 4.79 Å². The number of halogens is 3. The number of hydrogen-bond donors (Lipinski definition) is 1. The molecule has 0 saturated heterocycles. The number of para-hydroxylation sites is 1. The number of nitrogens with one attached hydrogen (secondary N) is 1. The van der Waals surface area contributed by atoms with E-state index in [0.717, 1.165) is 5.56 Å². The summed E-state index contributed by atoms with van der Waals surface area (Å²) in [7, 11) is 1.79. The summed E-state index contributed by atoms with van der Waals surface area (Å²) in [6, 6.07) is 12.3. The molecule has 8 heteroatoms. The molecule has 27 heavy (non-hydrogen) atoms. The molecule has 0 aliphatic rings. The van der Waals surface area contributed by atoms with E-state index >= 15 is 0 Å². The zero-order valence-electron chi connectivity index (χ0n) is 14.4. The fraction of sp³-hybridized carbons (Fsp3) is 0.158. The lowest BCUT2D eigenvalue weighted by molar-refractivity contribution is -0.117. The summed E-state index contributed by atoms with van der Waals surface area (Å²) in [6.07, 6.45) is 1.65. The van der Waals surface area contributed by atoms with Crippen molar-refractivity contribution >= 4 is 46.4 Å². The van der Waals surface area contributed by atoms with E-state index in [1.54, 1.807) is 48.5 Å². The lowest BCUT2D eigenvalue weighted by atomic mass is 10.2. The first-order chi connectivity index (χ1) is 12.9. The Hall–Kier alpha value is -2.05. The molecule has 0 aliphatic heterocycles. The maximum absolute atomic E-state index is 12.2. The second kappa shape index (κ2) is 8.76. The lowest BCUT2D eigenvalue weighted by Crippen LogP contribution is -2.30. The van der Waals surface area contributed by atoms with Crippen molar-refractivity contribution in [2.24, 2.45) is 0 Å². The molecule has 2 aromatic carbocycles. The van der Waals surface area contributed by atoms with Gasteiger partial charge >= 0.3 is 0 Å². The molecule has 5 nitrogen and oxygen atoms in total. The van der Waals surface area contributed by atoms with Crippen LogP contribution in [0.3, 0.4) is 0 Å². The van der Waals surface area contributed by atoms with Crippen LogP contribution >= 0.6 is 34.8 Å². The molecule has 1 N–H and O–H groups in total. The highest BCUT2D eigenvalue weighted by Crippen LogP contribution is 2.29. The van der Waals surface area contributed by atoms with Crippen molar-refractivity contribution < 1.29 is 9.21 Å². The predicted octanol–water partition coefficient (Wildman–Crippen LogP) is 5.37. The Morgan fingerprint density at radius 1 is 1.11 bits per heavy atom. The fourth-order valence-electron chi connectivity index (χ4n) is 2.46. The van der Waals surface area contributed by atoms with Crippen molar-refractivity contribution in [1.29, 1.82) is 0 Å². The number of carbonyl (C=O) groups excluding carboxylic acids is 1. The molecule has 0 fully saturated rings. The number of oxazole rings is 1. The molecule has 3 aromatic rings. The van der Waals surface area contributed by atoms with Gasteiger partial charge in [-0.25, -0.2) is 4.98 Å². The Labute approximate surface area is 171 Å². The van der Waals surface area contributed by atoms with Crippen LogP contribution < -0.4 is 5.32 Å². The highest BCUT2D eigenvalue weighted by Gasteiger charge is 2.14. The van der Waals surface area contributed by atoms with Crippen LogP contribution in [0.2, 0.25) is 15.1 Å². The zero-order valence-corrected chi connectivity index (χ0v) is 16.6. The number of carbonyl (C=O) groups is 1. The van der Waals surface area contributed by atoms with Crippen LogP contribution in [0.15, 0.2) is 53.1 Å². The Balaban J connectivity index is 1.58. The van der Waals surface area contributed by atoms with E-state index in [1.807, 2.05) is 12.1 Å². The molecule has 0 radical (unpaired) electrons. The van der Waals surface area contributed by atoms with E-state index < -0.39 is 0 Å². The van der Waals surface area contributed by atoms with Crippen LogP contribution in [0.1, 0.15) is 5.89 Å². The van der Waals surface area contributed by atoms with Crippen molar-refractivity contribution in [3.8, 4) is 11.3 Å². The summed E-state index contributed by atoms with van der Waals surface area (Å²) < 4.78 is 5.75. The molecule has 0 saturated carbocycles. The number of benzene rings is 2. The van der Waals surface area contributed by atoms with E-state index in [0.29, 0.717) is 39.0 Å². The quantitative estimate of drug-likeness (QED) is 0.578. The minimum absolute atomic E-state index is 0.125. The Morgan fingerprint density at radius 2 is 1.78 bits per heavy atom. The minimum Gasteiger partial charge on any atom is -0.439 e. The smallest absolute Gasteiger partial charge is 0.238 e. The van der Waals surface area contributed by atoms with Gasteiger partial charge in [0.25, 0.3) is 0 Å². The molecule has 140 valence electrons. The molecule has 1 heterocycles. The molecule has 1 aromatic heterocycles. The maximum Gasteiger partial charge on any atom is 0.238 e. The van der Waals surface area contributed by atoms with Gasteiger partial charge in [0.2, 0.25) is 11.8 Å². The first-order valence-electron chi connectivity index (χ1n) is 8.05. The normalized spacial score (nSPS) is 11.0. The average molecular weight is 425 g/mol. The van der Waals surface area contributed by atoms with E-state index in [1.165, 1.54) is 0 Å². The molecular weight excluding hydrogens is 409 g/mol. The summed E-state index contributed by atoms with van der Waals surface area (Å²) >= 11 is 18.0. The molecule has 0 spiro atoms. The molecule has 0 bridgehead atoms. The van der Waals surface area contributed by atoms with Crippen molar-refractivity contribution in [2.45, 2.75) is 6.54 Å². The number of nitrogens with zero attached hydrogens (tertiary/aromatic N) is 2. The van der Waals surface area contributed by atoms with Crippen LogP contribution in [-0.2, 0) is 11.3 Å². The van der Waals surface area contributed by atoms with Gasteiger partial charge in [0.15, 0.2) is 5.76 Å². The lowest BCUT2D eigenvalue weighted by Gasteiger charge is -2.15. The third-order valence-corrected chi connectivity index (χ3v) is 4.61. The van der Waals surface area contributed by atoms with Crippen LogP contribution in [0.25, 0.3) is 11.3 Å². The maximum atomic E-state index is 12.2. The molecule has 0 atom stereocenters. The number of amides is 1. The Kier molecular flexibility index (Phi) is 6.39. The fourth-order valence-corrected chi connectivity index (χ4v) is 3.08. The zero-order chi connectivity index (χ0) is 19.4. The summed E-state index contributed by atoms with van der Waals surface area (Å²) in [5.41, 5.74) is 1.28. The van der Waals surface area contributed by atoms with E-state index in [4.69, 9.17) is 39.2 Å². The van der Waals surface area contributed by atoms with E-state index in [-0.39, 0.29) is 12.5 Å². The molecule has 3 rings (SSSR count). The first kappa shape index (κ1) is 19.7. The monoisotopic (exact) mass is 423 g/mol.